The third-order valence-corrected chi connectivity index (χ3v) is 12.2. The smallest absolute Gasteiger partial charge is 0.410 e. The molecule has 2 bridgehead atoms. The summed E-state index contributed by atoms with van der Waals surface area (Å²) >= 11 is 0. The minimum absolute atomic E-state index is 0.0338. The molecule has 1 aromatic heterocycles. The van der Waals surface area contributed by atoms with E-state index in [0.717, 1.165) is 55.0 Å². The number of carbonyl (C=O) groups is 1. The van der Waals surface area contributed by atoms with E-state index in [0.29, 0.717) is 53.3 Å². The minimum Gasteiger partial charge on any atom is -0.490 e. The molecule has 0 aliphatic carbocycles. The van der Waals surface area contributed by atoms with Gasteiger partial charge in [-0.05, 0) is 99.5 Å². The number of alkyl halides is 1. The number of halogens is 2. The van der Waals surface area contributed by atoms with Gasteiger partial charge in [0.1, 0.15) is 47.8 Å². The monoisotopic (exact) mass is 757 g/mol. The molecule has 1 amide bonds. The van der Waals surface area contributed by atoms with Crippen molar-refractivity contribution in [2.75, 3.05) is 51.7 Å². The van der Waals surface area contributed by atoms with Gasteiger partial charge in [-0.1, -0.05) is 25.1 Å². The van der Waals surface area contributed by atoms with Gasteiger partial charge in [-0.15, -0.1) is 0 Å². The van der Waals surface area contributed by atoms with E-state index in [1.165, 1.54) is 0 Å². The molecule has 6 heterocycles. The van der Waals surface area contributed by atoms with Crippen molar-refractivity contribution in [2.45, 2.75) is 102 Å². The number of hydrogen-bond donors (Lipinski definition) is 0. The van der Waals surface area contributed by atoms with Gasteiger partial charge in [0.2, 0.25) is 0 Å². The van der Waals surface area contributed by atoms with E-state index >= 15 is 4.39 Å². The molecule has 3 aromatic carbocycles. The third kappa shape index (κ3) is 6.18. The molecule has 292 valence electrons. The van der Waals surface area contributed by atoms with E-state index in [1.807, 2.05) is 49.9 Å². The molecule has 0 saturated carbocycles. The number of methoxy groups -OCH3 is 1. The van der Waals surface area contributed by atoms with Crippen LogP contribution in [0, 0.1) is 5.82 Å². The lowest BCUT2D eigenvalue weighted by Crippen LogP contribution is -2.63. The number of fused-ring (bicyclic) bond motifs is 7. The first kappa shape index (κ1) is 36.2. The predicted molar refractivity (Wildman–Crippen MR) is 204 cm³/mol. The highest BCUT2D eigenvalue weighted by molar-refractivity contribution is 6.05. The Kier molecular flexibility index (Phi) is 8.95. The average Bonchev–Trinajstić information content (AvgIpc) is 3.76. The first-order valence-corrected chi connectivity index (χ1v) is 19.6. The van der Waals surface area contributed by atoms with Gasteiger partial charge in [0, 0.05) is 32.2 Å². The number of piperazine rings is 1. The molecular formula is C42H49F2N5O6. The number of aromatic nitrogens is 2. The Labute approximate surface area is 319 Å². The second kappa shape index (κ2) is 13.6. The van der Waals surface area contributed by atoms with E-state index in [4.69, 9.17) is 33.7 Å². The molecule has 4 saturated heterocycles. The summed E-state index contributed by atoms with van der Waals surface area (Å²) in [6, 6.07) is 11.0. The SMILES string of the molecule is CCc1cccc2cc(OCOC)cc(-c3cc4c5c(nc(OC[C@@]67CCCN6C[C@H](F)C7)nc5c3F)N3C[C@@H]5CC[C@H]([C@H]3CO4)N5C(=O)OC(C)(C)C)c12. The third-order valence-electron chi connectivity index (χ3n) is 12.2. The minimum atomic E-state index is -0.922. The van der Waals surface area contributed by atoms with Gasteiger partial charge in [0.15, 0.2) is 12.6 Å². The summed E-state index contributed by atoms with van der Waals surface area (Å²) in [4.78, 5) is 29.7. The number of nitrogens with zero attached hydrogens (tertiary/aromatic N) is 5. The number of hydrogen-bond acceptors (Lipinski definition) is 10. The van der Waals surface area contributed by atoms with Crippen molar-refractivity contribution >= 4 is 33.6 Å². The van der Waals surface area contributed by atoms with Gasteiger partial charge < -0.3 is 28.6 Å². The Morgan fingerprint density at radius 2 is 1.91 bits per heavy atom. The molecule has 13 heteroatoms. The van der Waals surface area contributed by atoms with Gasteiger partial charge in [-0.3, -0.25) is 9.80 Å². The molecule has 0 unspecified atom stereocenters. The molecule has 0 N–H and O–H groups in total. The standard InChI is InChI=1S/C42H49F2N5O6/c1-6-24-9-7-10-25-15-28(54-23-51-5)16-29(34(24)25)30-17-33-35-37(36(30)44)45-39(53-22-42-13-8-14-47(42)19-26(43)18-42)46-38(35)48-20-27-11-12-31(32(48)21-52-33)49(27)40(50)55-41(2,3)4/h7,9-10,15-17,26-27,31-32H,6,8,11-14,18-23H2,1-5H3/t26-,27+,31-,32-,42+/m1/s1. The molecule has 9 rings (SSSR count). The number of benzene rings is 3. The van der Waals surface area contributed by atoms with Crippen LogP contribution in [-0.4, -0.2) is 108 Å². The fraction of sp³-hybridized carbons (Fsp3) is 0.548. The summed E-state index contributed by atoms with van der Waals surface area (Å²) < 4.78 is 62.6. The maximum absolute atomic E-state index is 17.6. The zero-order valence-electron chi connectivity index (χ0n) is 32.2. The van der Waals surface area contributed by atoms with Crippen molar-refractivity contribution in [3.8, 4) is 28.6 Å². The van der Waals surface area contributed by atoms with Crippen LogP contribution < -0.4 is 19.1 Å². The number of aryl methyl sites for hydroxylation is 1. The fourth-order valence-electron chi connectivity index (χ4n) is 9.89. The highest BCUT2D eigenvalue weighted by Crippen LogP contribution is 2.48. The van der Waals surface area contributed by atoms with Crippen LogP contribution in [0.15, 0.2) is 36.4 Å². The average molecular weight is 758 g/mol. The first-order valence-electron chi connectivity index (χ1n) is 19.6. The number of anilines is 1. The molecule has 5 aliphatic rings. The molecule has 55 heavy (non-hydrogen) atoms. The lowest BCUT2D eigenvalue weighted by molar-refractivity contribution is 0.00544. The van der Waals surface area contributed by atoms with Gasteiger partial charge >= 0.3 is 12.1 Å². The van der Waals surface area contributed by atoms with Crippen LogP contribution in [0.1, 0.15) is 65.4 Å². The van der Waals surface area contributed by atoms with Crippen LogP contribution in [0.2, 0.25) is 0 Å². The molecule has 5 atom stereocenters. The molecule has 4 fully saturated rings. The van der Waals surface area contributed by atoms with Gasteiger partial charge in [0.05, 0.1) is 29.1 Å². The van der Waals surface area contributed by atoms with Crippen molar-refractivity contribution in [2.24, 2.45) is 0 Å². The van der Waals surface area contributed by atoms with Crippen molar-refractivity contribution in [1.82, 2.24) is 19.8 Å². The zero-order chi connectivity index (χ0) is 38.2. The summed E-state index contributed by atoms with van der Waals surface area (Å²) in [6.45, 7) is 9.83. The second-order valence-corrected chi connectivity index (χ2v) is 16.8. The molecular weight excluding hydrogens is 708 g/mol. The van der Waals surface area contributed by atoms with E-state index in [1.54, 1.807) is 13.2 Å². The summed E-state index contributed by atoms with van der Waals surface area (Å²) in [5.74, 6) is 0.959. The quantitative estimate of drug-likeness (QED) is 0.169. The van der Waals surface area contributed by atoms with Crippen molar-refractivity contribution in [1.29, 1.82) is 0 Å². The van der Waals surface area contributed by atoms with E-state index in [-0.39, 0.29) is 55.8 Å². The van der Waals surface area contributed by atoms with Crippen LogP contribution in [-0.2, 0) is 15.9 Å². The largest absolute Gasteiger partial charge is 0.490 e. The van der Waals surface area contributed by atoms with Crippen molar-refractivity contribution in [3.05, 3.63) is 47.8 Å². The highest BCUT2D eigenvalue weighted by atomic mass is 19.1. The van der Waals surface area contributed by atoms with Crippen LogP contribution in [0.4, 0.5) is 19.4 Å². The second-order valence-electron chi connectivity index (χ2n) is 16.8. The Bertz CT molecular complexity index is 2160. The Balaban J connectivity index is 1.20. The molecule has 0 radical (unpaired) electrons. The van der Waals surface area contributed by atoms with E-state index in [9.17, 15) is 9.18 Å². The summed E-state index contributed by atoms with van der Waals surface area (Å²) in [5.41, 5.74) is 0.992. The Hall–Kier alpha value is -4.49. The number of rotatable bonds is 8. The predicted octanol–water partition coefficient (Wildman–Crippen LogP) is 7.44. The normalized spacial score (nSPS) is 25.9. The topological polar surface area (TPSA) is 98.7 Å². The van der Waals surface area contributed by atoms with Crippen molar-refractivity contribution < 1.29 is 37.3 Å². The lowest BCUT2D eigenvalue weighted by Gasteiger charge is -2.46. The fourth-order valence-corrected chi connectivity index (χ4v) is 9.89. The molecule has 0 spiro atoms. The maximum atomic E-state index is 17.6. The summed E-state index contributed by atoms with van der Waals surface area (Å²) in [6.07, 6.45) is 3.20. The lowest BCUT2D eigenvalue weighted by atomic mass is 9.92. The van der Waals surface area contributed by atoms with Gasteiger partial charge in [-0.25, -0.2) is 13.6 Å². The van der Waals surface area contributed by atoms with E-state index < -0.39 is 23.1 Å². The van der Waals surface area contributed by atoms with Gasteiger partial charge in [-0.2, -0.15) is 9.97 Å². The zero-order valence-corrected chi connectivity index (χ0v) is 32.2. The summed E-state index contributed by atoms with van der Waals surface area (Å²) in [5, 5.41) is 2.27. The number of amides is 1. The Morgan fingerprint density at radius 1 is 1.05 bits per heavy atom. The van der Waals surface area contributed by atoms with Crippen LogP contribution >= 0.6 is 0 Å². The van der Waals surface area contributed by atoms with E-state index in [2.05, 4.69) is 22.8 Å². The number of ether oxygens (including phenoxy) is 5. The van der Waals surface area contributed by atoms with Gasteiger partial charge in [0.25, 0.3) is 0 Å². The maximum Gasteiger partial charge on any atom is 0.410 e. The van der Waals surface area contributed by atoms with Crippen LogP contribution in [0.3, 0.4) is 0 Å². The van der Waals surface area contributed by atoms with Crippen LogP contribution in [0.25, 0.3) is 32.8 Å². The molecule has 11 nitrogen and oxygen atoms in total. The molecule has 5 aliphatic heterocycles. The molecule has 4 aromatic rings. The first-order chi connectivity index (χ1) is 26.5. The van der Waals surface area contributed by atoms with Crippen LogP contribution in [0.5, 0.6) is 17.5 Å². The number of carbonyl (C=O) groups excluding carboxylic acids is 1. The summed E-state index contributed by atoms with van der Waals surface area (Å²) in [7, 11) is 1.56. The highest BCUT2D eigenvalue weighted by Gasteiger charge is 2.52. The Morgan fingerprint density at radius 3 is 2.71 bits per heavy atom. The van der Waals surface area contributed by atoms with Crippen molar-refractivity contribution in [3.63, 3.8) is 0 Å².